The molecule has 3 heterocycles. The minimum Gasteiger partial charge on any atom is -0.385 e. The molecule has 1 aliphatic rings. The van der Waals surface area contributed by atoms with Crippen LogP contribution >= 0.6 is 0 Å². The van der Waals surface area contributed by atoms with E-state index in [4.69, 9.17) is 0 Å². The Morgan fingerprint density at radius 2 is 1.94 bits per heavy atom. The van der Waals surface area contributed by atoms with Crippen LogP contribution in [0.2, 0.25) is 0 Å². The third-order valence-electron chi connectivity index (χ3n) is 5.59. The van der Waals surface area contributed by atoms with Crippen LogP contribution < -0.4 is 5.32 Å². The number of likely N-dealkylation sites (tertiary alicyclic amines) is 1. The quantitative estimate of drug-likeness (QED) is 0.589. The van der Waals surface area contributed by atoms with Gasteiger partial charge in [0, 0.05) is 36.4 Å². The first-order valence-electron chi connectivity index (χ1n) is 10.3. The van der Waals surface area contributed by atoms with E-state index in [0.29, 0.717) is 28.8 Å². The third-order valence-corrected chi connectivity index (χ3v) is 5.59. The number of nitrogens with one attached hydrogen (secondary N) is 1. The van der Waals surface area contributed by atoms with Gasteiger partial charge in [0.05, 0.1) is 11.3 Å². The number of nitriles is 1. The van der Waals surface area contributed by atoms with Crippen molar-refractivity contribution in [1.29, 1.82) is 5.26 Å². The second kappa shape index (κ2) is 8.55. The lowest BCUT2D eigenvalue weighted by atomic mass is 10.0. The largest absolute Gasteiger partial charge is 0.418 e. The molecule has 1 aliphatic heterocycles. The molecule has 0 saturated carbocycles. The molecule has 9 heteroatoms. The van der Waals surface area contributed by atoms with Crippen LogP contribution in [0.15, 0.2) is 30.5 Å². The smallest absolute Gasteiger partial charge is 0.385 e. The van der Waals surface area contributed by atoms with Crippen molar-refractivity contribution in [3.05, 3.63) is 41.9 Å². The van der Waals surface area contributed by atoms with Gasteiger partial charge in [0.1, 0.15) is 11.7 Å². The van der Waals surface area contributed by atoms with Crippen LogP contribution in [0.1, 0.15) is 30.7 Å². The molecule has 1 N–H and O–H groups in total. The number of aryl methyl sites for hydroxylation is 1. The highest BCUT2D eigenvalue weighted by atomic mass is 19.4. The maximum absolute atomic E-state index is 13.8. The monoisotopic (exact) mass is 428 g/mol. The van der Waals surface area contributed by atoms with Crippen molar-refractivity contribution in [1.82, 2.24) is 19.4 Å². The third kappa shape index (κ3) is 4.49. The maximum Gasteiger partial charge on any atom is 0.418 e. The number of alkyl halides is 3. The molecule has 0 aliphatic carbocycles. The van der Waals surface area contributed by atoms with Gasteiger partial charge in [-0.2, -0.15) is 18.4 Å². The average molecular weight is 428 g/mol. The molecule has 1 fully saturated rings. The molecule has 4 rings (SSSR count). The zero-order chi connectivity index (χ0) is 22.0. The van der Waals surface area contributed by atoms with Gasteiger partial charge in [-0.1, -0.05) is 6.07 Å². The van der Waals surface area contributed by atoms with Crippen molar-refractivity contribution in [2.24, 2.45) is 7.05 Å². The first kappa shape index (κ1) is 21.1. The normalized spacial score (nSPS) is 14.8. The Bertz CT molecular complexity index is 1120. The van der Waals surface area contributed by atoms with E-state index in [-0.39, 0.29) is 11.5 Å². The number of nitrogens with zero attached hydrogens (tertiary/aromatic N) is 5. The van der Waals surface area contributed by atoms with Crippen LogP contribution in [-0.2, 0) is 13.2 Å². The number of hydrogen-bond donors (Lipinski definition) is 1. The molecule has 0 radical (unpaired) electrons. The van der Waals surface area contributed by atoms with Gasteiger partial charge >= 0.3 is 6.18 Å². The SMILES string of the molecule is Cn1ccc2c(-c3ccc(NCCCN4CCCC4)c(C(F)(F)F)c3)nc(C#N)nc21. The van der Waals surface area contributed by atoms with Gasteiger partial charge in [-0.25, -0.2) is 9.97 Å². The van der Waals surface area contributed by atoms with E-state index >= 15 is 0 Å². The standard InChI is InChI=1S/C22H23F3N6/c1-30-12-7-16-20(28-19(14-26)29-21(16)30)15-5-6-18(17(13-15)22(23,24)25)27-8-4-11-31-9-2-3-10-31/h5-7,12-13,27H,2-4,8-11H2,1H3. The number of halogens is 3. The van der Waals surface area contributed by atoms with Crippen molar-refractivity contribution in [2.45, 2.75) is 25.4 Å². The lowest BCUT2D eigenvalue weighted by Crippen LogP contribution is -2.22. The summed E-state index contributed by atoms with van der Waals surface area (Å²) >= 11 is 0. The van der Waals surface area contributed by atoms with E-state index in [2.05, 4.69) is 20.2 Å². The molecule has 1 saturated heterocycles. The predicted octanol–water partition coefficient (Wildman–Crippen LogP) is 4.42. The van der Waals surface area contributed by atoms with Gasteiger partial charge in [-0.15, -0.1) is 0 Å². The van der Waals surface area contributed by atoms with Crippen LogP contribution in [0, 0.1) is 11.3 Å². The fourth-order valence-corrected chi connectivity index (χ4v) is 4.02. The van der Waals surface area contributed by atoms with E-state index in [1.165, 1.54) is 18.9 Å². The molecule has 0 atom stereocenters. The number of rotatable bonds is 6. The zero-order valence-corrected chi connectivity index (χ0v) is 17.2. The molecule has 31 heavy (non-hydrogen) atoms. The molecule has 162 valence electrons. The number of benzene rings is 1. The molecule has 0 spiro atoms. The highest BCUT2D eigenvalue weighted by molar-refractivity contribution is 5.91. The Labute approximate surface area is 178 Å². The molecule has 0 unspecified atom stereocenters. The molecule has 6 nitrogen and oxygen atoms in total. The first-order chi connectivity index (χ1) is 14.9. The van der Waals surface area contributed by atoms with Crippen LogP contribution in [0.4, 0.5) is 18.9 Å². The fraction of sp³-hybridized carbons (Fsp3) is 0.409. The Morgan fingerprint density at radius 1 is 1.16 bits per heavy atom. The van der Waals surface area contributed by atoms with Crippen LogP contribution in [0.25, 0.3) is 22.3 Å². The first-order valence-corrected chi connectivity index (χ1v) is 10.3. The molecule has 3 aromatic rings. The Hall–Kier alpha value is -3.12. The molecule has 0 bridgehead atoms. The highest BCUT2D eigenvalue weighted by Gasteiger charge is 2.34. The Morgan fingerprint density at radius 3 is 2.65 bits per heavy atom. The summed E-state index contributed by atoms with van der Waals surface area (Å²) in [5, 5.41) is 12.8. The second-order valence-corrected chi connectivity index (χ2v) is 7.76. The van der Waals surface area contributed by atoms with Crippen molar-refractivity contribution in [3.8, 4) is 17.3 Å². The number of hydrogen-bond acceptors (Lipinski definition) is 5. The van der Waals surface area contributed by atoms with Gasteiger partial charge in [0.15, 0.2) is 0 Å². The van der Waals surface area contributed by atoms with Gasteiger partial charge < -0.3 is 14.8 Å². The molecule has 1 aromatic carbocycles. The minimum atomic E-state index is -4.52. The summed E-state index contributed by atoms with van der Waals surface area (Å²) in [7, 11) is 1.76. The van der Waals surface area contributed by atoms with E-state index in [1.807, 2.05) is 6.07 Å². The van der Waals surface area contributed by atoms with Crippen LogP contribution in [-0.4, -0.2) is 45.6 Å². The summed E-state index contributed by atoms with van der Waals surface area (Å²) in [6.07, 6.45) is 0.386. The van der Waals surface area contributed by atoms with Crippen molar-refractivity contribution < 1.29 is 13.2 Å². The summed E-state index contributed by atoms with van der Waals surface area (Å²) in [5.41, 5.74) is 0.418. The maximum atomic E-state index is 13.8. The average Bonchev–Trinajstić information content (AvgIpc) is 3.40. The molecular weight excluding hydrogens is 405 g/mol. The second-order valence-electron chi connectivity index (χ2n) is 7.76. The summed E-state index contributed by atoms with van der Waals surface area (Å²) < 4.78 is 43.2. The number of aromatic nitrogens is 3. The lowest BCUT2D eigenvalue weighted by Gasteiger charge is -2.18. The number of fused-ring (bicyclic) bond motifs is 1. The van der Waals surface area contributed by atoms with Gasteiger partial charge in [-0.3, -0.25) is 0 Å². The summed E-state index contributed by atoms with van der Waals surface area (Å²) in [6, 6.07) is 7.77. The van der Waals surface area contributed by atoms with Crippen molar-refractivity contribution >= 4 is 16.7 Å². The van der Waals surface area contributed by atoms with E-state index in [9.17, 15) is 18.4 Å². The van der Waals surface area contributed by atoms with Gasteiger partial charge in [0.25, 0.3) is 0 Å². The Balaban J connectivity index is 1.63. The molecule has 2 aromatic heterocycles. The van der Waals surface area contributed by atoms with Crippen LogP contribution in [0.3, 0.4) is 0 Å². The highest BCUT2D eigenvalue weighted by Crippen LogP contribution is 2.38. The van der Waals surface area contributed by atoms with E-state index in [1.54, 1.807) is 29.9 Å². The van der Waals surface area contributed by atoms with Gasteiger partial charge in [0.2, 0.25) is 5.82 Å². The van der Waals surface area contributed by atoms with Crippen molar-refractivity contribution in [2.75, 3.05) is 31.5 Å². The fourth-order valence-electron chi connectivity index (χ4n) is 4.02. The Kier molecular flexibility index (Phi) is 5.83. The van der Waals surface area contributed by atoms with E-state index < -0.39 is 11.7 Å². The van der Waals surface area contributed by atoms with Crippen LogP contribution in [0.5, 0.6) is 0 Å². The predicted molar refractivity (Wildman–Crippen MR) is 112 cm³/mol. The topological polar surface area (TPSA) is 69.8 Å². The lowest BCUT2D eigenvalue weighted by molar-refractivity contribution is -0.136. The zero-order valence-electron chi connectivity index (χ0n) is 17.2. The number of anilines is 1. The summed E-state index contributed by atoms with van der Waals surface area (Å²) in [4.78, 5) is 10.7. The molecular formula is C22H23F3N6. The van der Waals surface area contributed by atoms with Crippen molar-refractivity contribution in [3.63, 3.8) is 0 Å². The van der Waals surface area contributed by atoms with E-state index in [0.717, 1.165) is 32.1 Å². The molecule has 0 amide bonds. The summed E-state index contributed by atoms with van der Waals surface area (Å²) in [5.74, 6) is -0.0815. The van der Waals surface area contributed by atoms with Gasteiger partial charge in [-0.05, 0) is 57.1 Å². The minimum absolute atomic E-state index is 0.0524. The summed E-state index contributed by atoms with van der Waals surface area (Å²) in [6.45, 7) is 3.49.